The molecule has 2 atom stereocenters. The molecule has 0 aliphatic carbocycles. The minimum absolute atomic E-state index is 0.0330. The van der Waals surface area contributed by atoms with E-state index in [1.54, 1.807) is 12.3 Å². The molecule has 176 valence electrons. The van der Waals surface area contributed by atoms with Crippen molar-refractivity contribution in [1.29, 1.82) is 0 Å². The number of hydrogen-bond donors (Lipinski definition) is 2. The van der Waals surface area contributed by atoms with Crippen LogP contribution in [-0.2, 0) is 34.1 Å². The van der Waals surface area contributed by atoms with Crippen LogP contribution in [0.15, 0.2) is 29.4 Å². The van der Waals surface area contributed by atoms with Crippen molar-refractivity contribution in [2.45, 2.75) is 55.3 Å². The summed E-state index contributed by atoms with van der Waals surface area (Å²) in [6, 6.07) is 4.35. The van der Waals surface area contributed by atoms with Crippen LogP contribution in [0.2, 0.25) is 0 Å². The monoisotopic (exact) mass is 505 g/mol. The lowest BCUT2D eigenvalue weighted by molar-refractivity contribution is -0.199. The second-order valence-corrected chi connectivity index (χ2v) is 10.8. The Hall–Kier alpha value is -2.16. The molecule has 3 amide bonds. The predicted molar refractivity (Wildman–Crippen MR) is 117 cm³/mol. The summed E-state index contributed by atoms with van der Waals surface area (Å²) >= 11 is 0. The molecule has 2 rings (SSSR count). The normalized spacial score (nSPS) is 17.3. The topological polar surface area (TPSA) is 160 Å². The van der Waals surface area contributed by atoms with Gasteiger partial charge in [0.25, 0.3) is 21.9 Å². The quantitative estimate of drug-likeness (QED) is 0.183. The molecule has 14 heteroatoms. The number of aromatic nitrogens is 1. The van der Waals surface area contributed by atoms with E-state index in [0.717, 1.165) is 5.03 Å². The highest BCUT2D eigenvalue weighted by Gasteiger charge is 2.48. The maximum absolute atomic E-state index is 12.5. The van der Waals surface area contributed by atoms with Crippen LogP contribution in [-0.4, -0.2) is 63.8 Å². The molecule has 1 aromatic rings. The van der Waals surface area contributed by atoms with Crippen molar-refractivity contribution in [3.8, 4) is 0 Å². The Morgan fingerprint density at radius 2 is 2.12 bits per heavy atom. The maximum Gasteiger partial charge on any atom is 0.355 e. The summed E-state index contributed by atoms with van der Waals surface area (Å²) in [7, 11) is -2.00. The van der Waals surface area contributed by atoms with E-state index in [0.29, 0.717) is 18.6 Å². The molecule has 2 heterocycles. The zero-order valence-corrected chi connectivity index (χ0v) is 19.6. The SMILES string of the molecule is CCCCC(NC(=O)CCSSc1ccccn1)C(=O)ON1C(=O)CC(S(=O)(=O)O)C1=O. The van der Waals surface area contributed by atoms with Gasteiger partial charge in [0, 0.05) is 18.4 Å². The van der Waals surface area contributed by atoms with Gasteiger partial charge in [-0.2, -0.15) is 8.42 Å². The Labute approximate surface area is 193 Å². The number of hydrogen-bond acceptors (Lipinski definition) is 10. The zero-order chi connectivity index (χ0) is 23.7. The van der Waals surface area contributed by atoms with Crippen molar-refractivity contribution in [3.05, 3.63) is 24.4 Å². The fourth-order valence-corrected chi connectivity index (χ4v) is 5.19. The number of nitrogens with zero attached hydrogens (tertiary/aromatic N) is 2. The van der Waals surface area contributed by atoms with Crippen LogP contribution >= 0.6 is 21.6 Å². The third-order valence-corrected chi connectivity index (χ3v) is 7.62. The Morgan fingerprint density at radius 3 is 2.72 bits per heavy atom. The summed E-state index contributed by atoms with van der Waals surface area (Å²) in [6.07, 6.45) is 2.40. The zero-order valence-electron chi connectivity index (χ0n) is 17.1. The number of imide groups is 1. The highest BCUT2D eigenvalue weighted by atomic mass is 33.1. The Balaban J connectivity index is 1.89. The van der Waals surface area contributed by atoms with Gasteiger partial charge in [-0.3, -0.25) is 18.9 Å². The molecule has 1 aromatic heterocycles. The van der Waals surface area contributed by atoms with E-state index in [2.05, 4.69) is 10.3 Å². The molecule has 0 aromatic carbocycles. The highest BCUT2D eigenvalue weighted by molar-refractivity contribution is 8.76. The van der Waals surface area contributed by atoms with E-state index in [4.69, 9.17) is 9.39 Å². The third kappa shape index (κ3) is 7.76. The minimum Gasteiger partial charge on any atom is -0.343 e. The molecule has 1 saturated heterocycles. The Kier molecular flexibility index (Phi) is 9.93. The largest absolute Gasteiger partial charge is 0.355 e. The van der Waals surface area contributed by atoms with Crippen LogP contribution in [0.5, 0.6) is 0 Å². The van der Waals surface area contributed by atoms with Gasteiger partial charge in [-0.1, -0.05) is 36.6 Å². The standard InChI is InChI=1S/C18H23N3O8S3/c1-2-3-6-12(20-14(22)8-10-30-31-15-7-4-5-9-19-15)18(25)29-21-16(23)11-13(17(21)24)32(26,27)28/h4-5,7,9,12-13H,2-3,6,8,10-11H2,1H3,(H,20,22)(H,26,27,28). The first kappa shape index (κ1) is 26.1. The van der Waals surface area contributed by atoms with E-state index < -0.39 is 51.5 Å². The predicted octanol–water partition coefficient (Wildman–Crippen LogP) is 1.36. The molecule has 32 heavy (non-hydrogen) atoms. The van der Waals surface area contributed by atoms with E-state index in [9.17, 15) is 27.6 Å². The Morgan fingerprint density at radius 1 is 1.38 bits per heavy atom. The molecular formula is C18H23N3O8S3. The van der Waals surface area contributed by atoms with Crippen LogP contribution in [0.4, 0.5) is 0 Å². The van der Waals surface area contributed by atoms with Crippen molar-refractivity contribution in [2.24, 2.45) is 0 Å². The minimum atomic E-state index is -4.82. The number of hydroxylamine groups is 2. The number of carbonyl (C=O) groups excluding carboxylic acids is 4. The van der Waals surface area contributed by atoms with E-state index in [1.807, 2.05) is 19.1 Å². The van der Waals surface area contributed by atoms with Crippen molar-refractivity contribution < 1.29 is 37.0 Å². The molecule has 0 radical (unpaired) electrons. The average Bonchev–Trinajstić information content (AvgIpc) is 3.03. The van der Waals surface area contributed by atoms with Gasteiger partial charge in [-0.15, -0.1) is 5.06 Å². The molecule has 1 aliphatic rings. The maximum atomic E-state index is 12.5. The summed E-state index contributed by atoms with van der Waals surface area (Å²) in [5, 5.41) is 1.34. The molecule has 2 unspecified atom stereocenters. The highest BCUT2D eigenvalue weighted by Crippen LogP contribution is 2.29. The second-order valence-electron chi connectivity index (χ2n) is 6.73. The lowest BCUT2D eigenvalue weighted by Crippen LogP contribution is -2.46. The molecular weight excluding hydrogens is 482 g/mol. The number of unbranched alkanes of at least 4 members (excludes halogenated alkanes) is 1. The van der Waals surface area contributed by atoms with Gasteiger partial charge >= 0.3 is 5.97 Å². The molecule has 2 N–H and O–H groups in total. The summed E-state index contributed by atoms with van der Waals surface area (Å²) < 4.78 is 31.5. The van der Waals surface area contributed by atoms with Gasteiger partial charge in [-0.05, 0) is 29.3 Å². The number of nitrogens with one attached hydrogen (secondary N) is 1. The fourth-order valence-electron chi connectivity index (χ4n) is 2.62. The van der Waals surface area contributed by atoms with Crippen LogP contribution in [0, 0.1) is 0 Å². The summed E-state index contributed by atoms with van der Waals surface area (Å²) in [5.74, 6) is -3.47. The number of carbonyl (C=O) groups is 4. The average molecular weight is 506 g/mol. The Bertz CT molecular complexity index is 942. The van der Waals surface area contributed by atoms with E-state index in [1.165, 1.54) is 21.6 Å². The molecule has 0 spiro atoms. The van der Waals surface area contributed by atoms with Gasteiger partial charge < -0.3 is 10.2 Å². The summed E-state index contributed by atoms with van der Waals surface area (Å²) in [4.78, 5) is 57.6. The van der Waals surface area contributed by atoms with Gasteiger partial charge in [0.15, 0.2) is 5.25 Å². The van der Waals surface area contributed by atoms with Crippen LogP contribution in [0.25, 0.3) is 0 Å². The van der Waals surface area contributed by atoms with Crippen LogP contribution in [0.1, 0.15) is 39.0 Å². The fraction of sp³-hybridized carbons (Fsp3) is 0.500. The molecule has 11 nitrogen and oxygen atoms in total. The first-order valence-corrected chi connectivity index (χ1v) is 13.5. The third-order valence-electron chi connectivity index (χ3n) is 4.26. The summed E-state index contributed by atoms with van der Waals surface area (Å²) in [6.45, 7) is 1.87. The van der Waals surface area contributed by atoms with Gasteiger partial charge in [0.2, 0.25) is 5.91 Å². The van der Waals surface area contributed by atoms with E-state index >= 15 is 0 Å². The number of amides is 3. The lowest BCUT2D eigenvalue weighted by Gasteiger charge is -2.20. The first-order valence-electron chi connectivity index (χ1n) is 9.68. The summed E-state index contributed by atoms with van der Waals surface area (Å²) in [5.41, 5.74) is 0. The van der Waals surface area contributed by atoms with Crippen molar-refractivity contribution in [3.63, 3.8) is 0 Å². The van der Waals surface area contributed by atoms with Gasteiger partial charge in [0.1, 0.15) is 11.1 Å². The smallest absolute Gasteiger partial charge is 0.343 e. The lowest BCUT2D eigenvalue weighted by atomic mass is 10.1. The van der Waals surface area contributed by atoms with Crippen molar-refractivity contribution in [2.75, 3.05) is 5.75 Å². The molecule has 0 saturated carbocycles. The van der Waals surface area contributed by atoms with Crippen LogP contribution < -0.4 is 5.32 Å². The first-order chi connectivity index (χ1) is 15.1. The van der Waals surface area contributed by atoms with Crippen molar-refractivity contribution >= 4 is 55.4 Å². The molecule has 0 bridgehead atoms. The number of rotatable bonds is 12. The molecule has 1 fully saturated rings. The van der Waals surface area contributed by atoms with Gasteiger partial charge in [-0.25, -0.2) is 9.78 Å². The second kappa shape index (κ2) is 12.2. The van der Waals surface area contributed by atoms with E-state index in [-0.39, 0.29) is 17.9 Å². The van der Waals surface area contributed by atoms with Crippen molar-refractivity contribution in [1.82, 2.24) is 15.4 Å². The van der Waals surface area contributed by atoms with Gasteiger partial charge in [0.05, 0.1) is 6.42 Å². The van der Waals surface area contributed by atoms with Crippen LogP contribution in [0.3, 0.4) is 0 Å². The molecule has 1 aliphatic heterocycles. The number of pyridine rings is 1.